The highest BCUT2D eigenvalue weighted by molar-refractivity contribution is 5.96. The Bertz CT molecular complexity index is 722. The number of hydrazone groups is 1. The second kappa shape index (κ2) is 9.37. The summed E-state index contributed by atoms with van der Waals surface area (Å²) in [6.45, 7) is 3.98. The Balaban J connectivity index is 1.82. The van der Waals surface area contributed by atoms with Crippen LogP contribution in [0.2, 0.25) is 0 Å². The molecule has 0 atom stereocenters. The Kier molecular flexibility index (Phi) is 6.89. The fourth-order valence-electron chi connectivity index (χ4n) is 2.22. The quantitative estimate of drug-likeness (QED) is 0.598. The molecule has 0 aromatic heterocycles. The summed E-state index contributed by atoms with van der Waals surface area (Å²) in [7, 11) is 0. The number of carbonyl (C=O) groups is 2. The van der Waals surface area contributed by atoms with Gasteiger partial charge in [0.2, 0.25) is 5.91 Å². The fraction of sp³-hybridized carbons (Fsp3) is 0.250. The smallest absolute Gasteiger partial charge is 0.271 e. The minimum atomic E-state index is -0.288. The minimum Gasteiger partial charge on any atom is -0.326 e. The zero-order valence-corrected chi connectivity index (χ0v) is 14.5. The van der Waals surface area contributed by atoms with E-state index in [-0.39, 0.29) is 11.8 Å². The van der Waals surface area contributed by atoms with Crippen molar-refractivity contribution in [2.24, 2.45) is 11.0 Å². The number of nitrogens with one attached hydrogen (secondary N) is 2. The van der Waals surface area contributed by atoms with Crippen LogP contribution >= 0.6 is 0 Å². The number of hydrogen-bond acceptors (Lipinski definition) is 3. The Morgan fingerprint density at radius 3 is 2.36 bits per heavy atom. The molecule has 25 heavy (non-hydrogen) atoms. The summed E-state index contributed by atoms with van der Waals surface area (Å²) >= 11 is 0. The van der Waals surface area contributed by atoms with Crippen LogP contribution in [0.4, 0.5) is 5.69 Å². The van der Waals surface area contributed by atoms with Crippen LogP contribution in [0.3, 0.4) is 0 Å². The second-order valence-electron chi connectivity index (χ2n) is 6.17. The third-order valence-corrected chi connectivity index (χ3v) is 3.45. The normalized spacial score (nSPS) is 10.8. The molecule has 2 rings (SSSR count). The van der Waals surface area contributed by atoms with Gasteiger partial charge in [-0.2, -0.15) is 5.10 Å². The van der Waals surface area contributed by atoms with Gasteiger partial charge in [-0.1, -0.05) is 44.2 Å². The maximum atomic E-state index is 12.0. The Morgan fingerprint density at radius 1 is 1.04 bits per heavy atom. The summed E-state index contributed by atoms with van der Waals surface area (Å²) in [6, 6.07) is 16.6. The van der Waals surface area contributed by atoms with Crippen LogP contribution in [0.5, 0.6) is 0 Å². The number of rotatable bonds is 7. The highest BCUT2D eigenvalue weighted by atomic mass is 16.2. The molecule has 0 spiro atoms. The summed E-state index contributed by atoms with van der Waals surface area (Å²) in [4.78, 5) is 23.7. The van der Waals surface area contributed by atoms with Crippen LogP contribution in [0.15, 0.2) is 59.7 Å². The highest BCUT2D eigenvalue weighted by Crippen LogP contribution is 2.11. The largest absolute Gasteiger partial charge is 0.326 e. The fourth-order valence-corrected chi connectivity index (χ4v) is 2.22. The first kappa shape index (κ1) is 18.4. The first-order chi connectivity index (χ1) is 12.0. The minimum absolute atomic E-state index is 0.0299. The second-order valence-corrected chi connectivity index (χ2v) is 6.17. The molecule has 2 aromatic rings. The first-order valence-electron chi connectivity index (χ1n) is 8.30. The lowest BCUT2D eigenvalue weighted by molar-refractivity contribution is -0.116. The van der Waals surface area contributed by atoms with Crippen LogP contribution in [0.25, 0.3) is 0 Å². The van der Waals surface area contributed by atoms with E-state index >= 15 is 0 Å². The Labute approximate surface area is 148 Å². The van der Waals surface area contributed by atoms with Gasteiger partial charge in [0.05, 0.1) is 0 Å². The van der Waals surface area contributed by atoms with Gasteiger partial charge < -0.3 is 5.32 Å². The molecule has 0 aliphatic carbocycles. The molecule has 0 fully saturated rings. The average Bonchev–Trinajstić information content (AvgIpc) is 2.59. The van der Waals surface area contributed by atoms with Gasteiger partial charge in [-0.3, -0.25) is 9.59 Å². The first-order valence-corrected chi connectivity index (χ1v) is 8.30. The predicted octanol–water partition coefficient (Wildman–Crippen LogP) is 3.63. The van der Waals surface area contributed by atoms with Gasteiger partial charge in [-0.05, 0) is 35.7 Å². The summed E-state index contributed by atoms with van der Waals surface area (Å²) in [5.74, 6) is -0.0131. The van der Waals surface area contributed by atoms with Crippen molar-refractivity contribution in [3.63, 3.8) is 0 Å². The molecule has 5 heteroatoms. The van der Waals surface area contributed by atoms with Crippen molar-refractivity contribution in [2.45, 2.75) is 26.7 Å². The van der Waals surface area contributed by atoms with Gasteiger partial charge in [0.15, 0.2) is 0 Å². The topological polar surface area (TPSA) is 70.6 Å². The Hall–Kier alpha value is -2.95. The van der Waals surface area contributed by atoms with E-state index in [0.717, 1.165) is 5.56 Å². The molecular weight excluding hydrogens is 314 g/mol. The van der Waals surface area contributed by atoms with Crippen molar-refractivity contribution >= 4 is 23.7 Å². The van der Waals surface area contributed by atoms with E-state index in [1.807, 2.05) is 44.2 Å². The third kappa shape index (κ3) is 6.59. The van der Waals surface area contributed by atoms with Crippen LogP contribution in [-0.2, 0) is 11.2 Å². The number of carbonyl (C=O) groups excluding carboxylic acids is 2. The van der Waals surface area contributed by atoms with Gasteiger partial charge in [0.1, 0.15) is 0 Å². The lowest BCUT2D eigenvalue weighted by Gasteiger charge is -2.07. The van der Waals surface area contributed by atoms with E-state index in [1.54, 1.807) is 30.5 Å². The van der Waals surface area contributed by atoms with Crippen molar-refractivity contribution in [3.8, 4) is 0 Å². The number of benzene rings is 2. The maximum absolute atomic E-state index is 12.0. The number of hydrogen-bond donors (Lipinski definition) is 2. The molecule has 2 amide bonds. The average molecular weight is 337 g/mol. The van der Waals surface area contributed by atoms with Crippen molar-refractivity contribution in [2.75, 3.05) is 5.32 Å². The molecule has 0 aliphatic heterocycles. The molecule has 0 heterocycles. The van der Waals surface area contributed by atoms with E-state index in [2.05, 4.69) is 15.8 Å². The lowest BCUT2D eigenvalue weighted by atomic mass is 10.1. The van der Waals surface area contributed by atoms with E-state index in [4.69, 9.17) is 0 Å². The molecule has 0 bridgehead atoms. The predicted molar refractivity (Wildman–Crippen MR) is 101 cm³/mol. The number of nitrogens with zero attached hydrogens (tertiary/aromatic N) is 1. The van der Waals surface area contributed by atoms with Gasteiger partial charge in [-0.15, -0.1) is 0 Å². The van der Waals surface area contributed by atoms with E-state index < -0.39 is 0 Å². The van der Waals surface area contributed by atoms with Crippen LogP contribution in [-0.4, -0.2) is 18.0 Å². The van der Waals surface area contributed by atoms with Gasteiger partial charge in [0.25, 0.3) is 5.91 Å². The van der Waals surface area contributed by atoms with Crippen molar-refractivity contribution in [1.82, 2.24) is 5.43 Å². The van der Waals surface area contributed by atoms with E-state index in [1.165, 1.54) is 0 Å². The number of amides is 2. The molecule has 0 aliphatic rings. The SMILES string of the molecule is CC(C)CC(=O)Nc1ccc(C(=O)N/N=C/Cc2ccccc2)cc1. The summed E-state index contributed by atoms with van der Waals surface area (Å²) in [6.07, 6.45) is 2.79. The van der Waals surface area contributed by atoms with Crippen LogP contribution in [0, 0.1) is 5.92 Å². The van der Waals surface area contributed by atoms with Gasteiger partial charge >= 0.3 is 0 Å². The number of anilines is 1. The summed E-state index contributed by atoms with van der Waals surface area (Å²) in [5.41, 5.74) is 4.79. The molecule has 5 nitrogen and oxygen atoms in total. The molecule has 2 N–H and O–H groups in total. The zero-order chi connectivity index (χ0) is 18.1. The Morgan fingerprint density at radius 2 is 1.72 bits per heavy atom. The molecule has 130 valence electrons. The van der Waals surface area contributed by atoms with E-state index in [9.17, 15) is 9.59 Å². The molecular formula is C20H23N3O2. The monoisotopic (exact) mass is 337 g/mol. The van der Waals surface area contributed by atoms with Crippen LogP contribution in [0.1, 0.15) is 36.2 Å². The maximum Gasteiger partial charge on any atom is 0.271 e. The molecule has 0 saturated carbocycles. The third-order valence-electron chi connectivity index (χ3n) is 3.45. The van der Waals surface area contributed by atoms with E-state index in [0.29, 0.717) is 30.0 Å². The molecule has 0 saturated heterocycles. The van der Waals surface area contributed by atoms with Gasteiger partial charge in [-0.25, -0.2) is 5.43 Å². The van der Waals surface area contributed by atoms with Crippen molar-refractivity contribution < 1.29 is 9.59 Å². The summed E-state index contributed by atoms with van der Waals surface area (Å²) in [5, 5.41) is 6.76. The highest BCUT2D eigenvalue weighted by Gasteiger charge is 2.07. The standard InChI is InChI=1S/C20H23N3O2/c1-15(2)14-19(24)22-18-10-8-17(9-11-18)20(25)23-21-13-12-16-6-4-3-5-7-16/h3-11,13,15H,12,14H2,1-2H3,(H,22,24)(H,23,25)/b21-13+. The molecule has 0 unspecified atom stereocenters. The zero-order valence-electron chi connectivity index (χ0n) is 14.5. The molecule has 0 radical (unpaired) electrons. The molecule has 2 aromatic carbocycles. The van der Waals surface area contributed by atoms with Gasteiger partial charge in [0, 0.05) is 30.3 Å². The van der Waals surface area contributed by atoms with Crippen molar-refractivity contribution in [1.29, 1.82) is 0 Å². The lowest BCUT2D eigenvalue weighted by Crippen LogP contribution is -2.18. The summed E-state index contributed by atoms with van der Waals surface area (Å²) < 4.78 is 0. The van der Waals surface area contributed by atoms with Crippen molar-refractivity contribution in [3.05, 3.63) is 65.7 Å². The van der Waals surface area contributed by atoms with Crippen LogP contribution < -0.4 is 10.7 Å².